The number of carbonyl (C=O) groups excluding carboxylic acids is 1. The molecule has 0 saturated carbocycles. The van der Waals surface area contributed by atoms with Crippen molar-refractivity contribution >= 4 is 17.7 Å². The van der Waals surface area contributed by atoms with Crippen LogP contribution in [-0.2, 0) is 9.53 Å². The Bertz CT molecular complexity index is 880. The number of rotatable bonds is 7. The molecule has 0 radical (unpaired) electrons. The Morgan fingerprint density at radius 1 is 1.24 bits per heavy atom. The van der Waals surface area contributed by atoms with E-state index in [-0.39, 0.29) is 23.5 Å². The monoisotopic (exact) mass is 399 g/mol. The number of carbonyl (C=O) groups is 1. The van der Waals surface area contributed by atoms with Crippen LogP contribution in [0.5, 0.6) is 0 Å². The number of ether oxygens (including phenoxy) is 1. The molecule has 1 aliphatic heterocycles. The molecule has 3 rings (SSSR count). The van der Waals surface area contributed by atoms with E-state index in [0.717, 1.165) is 5.56 Å². The molecule has 2 aromatic carbocycles. The van der Waals surface area contributed by atoms with Crippen molar-refractivity contribution in [3.05, 3.63) is 81.7 Å². The van der Waals surface area contributed by atoms with E-state index in [1.165, 1.54) is 30.3 Å². The molecule has 2 aromatic rings. The van der Waals surface area contributed by atoms with Crippen molar-refractivity contribution in [2.45, 2.75) is 6.04 Å². The van der Waals surface area contributed by atoms with E-state index in [0.29, 0.717) is 38.4 Å². The third-order valence-corrected chi connectivity index (χ3v) is 4.72. The predicted molar refractivity (Wildman–Crippen MR) is 107 cm³/mol. The number of nitro benzene ring substituents is 1. The fourth-order valence-corrected chi connectivity index (χ4v) is 3.20. The van der Waals surface area contributed by atoms with Crippen molar-refractivity contribution in [1.82, 2.24) is 10.2 Å². The number of nitro groups is 1. The van der Waals surface area contributed by atoms with E-state index in [1.807, 2.05) is 6.07 Å². The molecule has 1 aliphatic rings. The van der Waals surface area contributed by atoms with Crippen molar-refractivity contribution in [1.29, 1.82) is 0 Å². The average molecular weight is 399 g/mol. The van der Waals surface area contributed by atoms with Gasteiger partial charge in [0.15, 0.2) is 0 Å². The van der Waals surface area contributed by atoms with E-state index in [4.69, 9.17) is 4.74 Å². The fourth-order valence-electron chi connectivity index (χ4n) is 3.20. The van der Waals surface area contributed by atoms with Gasteiger partial charge in [-0.05, 0) is 41.5 Å². The summed E-state index contributed by atoms with van der Waals surface area (Å²) in [5.41, 5.74) is 1.47. The molecule has 0 bridgehead atoms. The van der Waals surface area contributed by atoms with Crippen molar-refractivity contribution < 1.29 is 18.8 Å². The summed E-state index contributed by atoms with van der Waals surface area (Å²) >= 11 is 0. The molecule has 7 nitrogen and oxygen atoms in total. The average Bonchev–Trinajstić information content (AvgIpc) is 2.73. The molecular weight excluding hydrogens is 377 g/mol. The lowest BCUT2D eigenvalue weighted by molar-refractivity contribution is -0.384. The smallest absolute Gasteiger partial charge is 0.269 e. The number of non-ortho nitro benzene ring substituents is 1. The molecule has 0 aliphatic carbocycles. The molecule has 1 fully saturated rings. The van der Waals surface area contributed by atoms with Gasteiger partial charge in [-0.2, -0.15) is 0 Å². The Hall–Kier alpha value is -3.10. The summed E-state index contributed by atoms with van der Waals surface area (Å²) < 4.78 is 19.1. The molecule has 1 atom stereocenters. The molecule has 1 N–H and O–H groups in total. The number of nitrogens with one attached hydrogen (secondary N) is 1. The number of hydrogen-bond acceptors (Lipinski definition) is 5. The first-order valence-electron chi connectivity index (χ1n) is 9.30. The molecular formula is C21H22FN3O4. The predicted octanol–water partition coefficient (Wildman–Crippen LogP) is 2.94. The Morgan fingerprint density at radius 3 is 2.62 bits per heavy atom. The number of benzene rings is 2. The summed E-state index contributed by atoms with van der Waals surface area (Å²) in [6, 6.07) is 12.1. The summed E-state index contributed by atoms with van der Waals surface area (Å²) in [5.74, 6) is -0.608. The zero-order chi connectivity index (χ0) is 20.6. The fraction of sp³-hybridized carbons (Fsp3) is 0.286. The van der Waals surface area contributed by atoms with Gasteiger partial charge in [-0.3, -0.25) is 19.8 Å². The molecule has 1 unspecified atom stereocenters. The maximum Gasteiger partial charge on any atom is 0.269 e. The first-order chi connectivity index (χ1) is 14.0. The van der Waals surface area contributed by atoms with Gasteiger partial charge in [-0.15, -0.1) is 0 Å². The largest absolute Gasteiger partial charge is 0.379 e. The number of morpholine rings is 1. The highest BCUT2D eigenvalue weighted by molar-refractivity contribution is 5.91. The Labute approximate surface area is 167 Å². The third kappa shape index (κ3) is 5.94. The topological polar surface area (TPSA) is 84.7 Å². The summed E-state index contributed by atoms with van der Waals surface area (Å²) in [4.78, 5) is 24.6. The van der Waals surface area contributed by atoms with Crippen LogP contribution in [0.1, 0.15) is 17.2 Å². The summed E-state index contributed by atoms with van der Waals surface area (Å²) in [6.45, 7) is 2.93. The quantitative estimate of drug-likeness (QED) is 0.440. The highest BCUT2D eigenvalue weighted by Crippen LogP contribution is 2.22. The van der Waals surface area contributed by atoms with Gasteiger partial charge < -0.3 is 10.1 Å². The van der Waals surface area contributed by atoms with E-state index >= 15 is 0 Å². The van der Waals surface area contributed by atoms with Gasteiger partial charge in [0.05, 0.1) is 24.2 Å². The lowest BCUT2D eigenvalue weighted by atomic mass is 10.0. The highest BCUT2D eigenvalue weighted by Gasteiger charge is 2.23. The molecule has 29 heavy (non-hydrogen) atoms. The van der Waals surface area contributed by atoms with Crippen LogP contribution >= 0.6 is 0 Å². The number of nitrogens with zero attached hydrogens (tertiary/aromatic N) is 2. The second-order valence-electron chi connectivity index (χ2n) is 6.65. The summed E-state index contributed by atoms with van der Waals surface area (Å²) in [5, 5.41) is 13.5. The van der Waals surface area contributed by atoms with Gasteiger partial charge in [0.1, 0.15) is 5.82 Å². The Kier molecular flexibility index (Phi) is 7.04. The first kappa shape index (κ1) is 20.6. The molecule has 0 aromatic heterocycles. The second-order valence-corrected chi connectivity index (χ2v) is 6.65. The van der Waals surface area contributed by atoms with Crippen LogP contribution in [0.3, 0.4) is 0 Å². The van der Waals surface area contributed by atoms with E-state index < -0.39 is 4.92 Å². The third-order valence-electron chi connectivity index (χ3n) is 4.72. The lowest BCUT2D eigenvalue weighted by Gasteiger charge is -2.34. The van der Waals surface area contributed by atoms with Gasteiger partial charge in [0.25, 0.3) is 5.69 Å². The molecule has 1 saturated heterocycles. The zero-order valence-corrected chi connectivity index (χ0v) is 15.8. The normalized spacial score (nSPS) is 15.9. The number of amides is 1. The lowest BCUT2D eigenvalue weighted by Crippen LogP contribution is -2.43. The van der Waals surface area contributed by atoms with Gasteiger partial charge >= 0.3 is 0 Å². The summed E-state index contributed by atoms with van der Waals surface area (Å²) in [6.07, 6.45) is 2.97. The standard InChI is InChI=1S/C21H22FN3O4/c22-18-3-1-2-17(14-18)20(24-10-12-29-13-11-24)15-23-21(26)9-6-16-4-7-19(8-5-16)25(27)28/h1-9,14,20H,10-13,15H2,(H,23,26)/b9-6+. The van der Waals surface area contributed by atoms with Crippen molar-refractivity contribution in [3.63, 3.8) is 0 Å². The minimum absolute atomic E-state index is 0.00459. The minimum atomic E-state index is -0.474. The van der Waals surface area contributed by atoms with E-state index in [2.05, 4.69) is 10.2 Å². The SMILES string of the molecule is O=C(/C=C/c1ccc([N+](=O)[O-])cc1)NCC(c1cccc(F)c1)N1CCOCC1. The van der Waals surface area contributed by atoms with Crippen LogP contribution in [0.15, 0.2) is 54.6 Å². The van der Waals surface area contributed by atoms with Crippen LogP contribution in [0, 0.1) is 15.9 Å². The maximum atomic E-state index is 13.7. The van der Waals surface area contributed by atoms with Crippen LogP contribution in [0.25, 0.3) is 6.08 Å². The number of hydrogen-bond donors (Lipinski definition) is 1. The molecule has 1 heterocycles. The van der Waals surface area contributed by atoms with Crippen LogP contribution < -0.4 is 5.32 Å². The van der Waals surface area contributed by atoms with Crippen LogP contribution in [-0.4, -0.2) is 48.6 Å². The van der Waals surface area contributed by atoms with Gasteiger partial charge in [-0.1, -0.05) is 12.1 Å². The van der Waals surface area contributed by atoms with Gasteiger partial charge in [0.2, 0.25) is 5.91 Å². The molecule has 1 amide bonds. The zero-order valence-electron chi connectivity index (χ0n) is 15.8. The molecule has 8 heteroatoms. The van der Waals surface area contributed by atoms with Crippen LogP contribution in [0.2, 0.25) is 0 Å². The van der Waals surface area contributed by atoms with Crippen LogP contribution in [0.4, 0.5) is 10.1 Å². The summed E-state index contributed by atoms with van der Waals surface area (Å²) in [7, 11) is 0. The highest BCUT2D eigenvalue weighted by atomic mass is 19.1. The van der Waals surface area contributed by atoms with Crippen molar-refractivity contribution in [2.75, 3.05) is 32.8 Å². The molecule has 152 valence electrons. The molecule has 0 spiro atoms. The van der Waals surface area contributed by atoms with E-state index in [9.17, 15) is 19.3 Å². The van der Waals surface area contributed by atoms with Gasteiger partial charge in [0, 0.05) is 37.8 Å². The van der Waals surface area contributed by atoms with E-state index in [1.54, 1.807) is 24.3 Å². The Morgan fingerprint density at radius 2 is 1.97 bits per heavy atom. The van der Waals surface area contributed by atoms with Gasteiger partial charge in [-0.25, -0.2) is 4.39 Å². The first-order valence-corrected chi connectivity index (χ1v) is 9.30. The van der Waals surface area contributed by atoms with Crippen molar-refractivity contribution in [3.8, 4) is 0 Å². The second kappa shape index (κ2) is 9.90. The number of halogens is 1. The Balaban J connectivity index is 1.63. The minimum Gasteiger partial charge on any atom is -0.379 e. The van der Waals surface area contributed by atoms with Crippen molar-refractivity contribution in [2.24, 2.45) is 0 Å². The maximum absolute atomic E-state index is 13.7.